The van der Waals surface area contributed by atoms with Gasteiger partial charge in [-0.1, -0.05) is 39.3 Å². The zero-order valence-electron chi connectivity index (χ0n) is 15.8. The van der Waals surface area contributed by atoms with E-state index in [1.165, 1.54) is 12.8 Å². The average Bonchev–Trinajstić information content (AvgIpc) is 2.74. The minimum absolute atomic E-state index is 0.0702. The Morgan fingerprint density at radius 1 is 1.30 bits per heavy atom. The fourth-order valence-corrected chi connectivity index (χ4v) is 5.48. The number of nitrogens with zero attached hydrogens (tertiary/aromatic N) is 1. The van der Waals surface area contributed by atoms with Crippen LogP contribution in [0.15, 0.2) is 12.2 Å². The Morgan fingerprint density at radius 3 is 2.52 bits per heavy atom. The molecule has 3 nitrogen and oxygen atoms in total. The first-order valence-corrected chi connectivity index (χ1v) is 9.40. The van der Waals surface area contributed by atoms with Crippen molar-refractivity contribution in [3.63, 3.8) is 0 Å². The number of fused-ring (bicyclic) bond motifs is 2. The van der Waals surface area contributed by atoms with Gasteiger partial charge in [-0.3, -0.25) is 4.90 Å². The van der Waals surface area contributed by atoms with Crippen LogP contribution in [0.3, 0.4) is 0 Å². The van der Waals surface area contributed by atoms with E-state index >= 15 is 0 Å². The summed E-state index contributed by atoms with van der Waals surface area (Å²) in [5.74, 6) is 1.52. The molecule has 2 heterocycles. The van der Waals surface area contributed by atoms with Crippen LogP contribution in [-0.2, 0) is 4.74 Å². The second-order valence-corrected chi connectivity index (χ2v) is 9.30. The van der Waals surface area contributed by atoms with Crippen molar-refractivity contribution in [2.45, 2.75) is 84.3 Å². The van der Waals surface area contributed by atoms with E-state index in [1.54, 1.807) is 0 Å². The van der Waals surface area contributed by atoms with E-state index in [2.05, 4.69) is 53.0 Å². The van der Waals surface area contributed by atoms with Crippen LogP contribution in [-0.4, -0.2) is 40.0 Å². The molecule has 3 aliphatic rings. The first-order valence-electron chi connectivity index (χ1n) is 9.40. The van der Waals surface area contributed by atoms with Crippen molar-refractivity contribution in [2.24, 2.45) is 23.7 Å². The van der Waals surface area contributed by atoms with Crippen LogP contribution in [0.2, 0.25) is 0 Å². The van der Waals surface area contributed by atoms with E-state index in [1.807, 2.05) is 0 Å². The lowest BCUT2D eigenvalue weighted by Crippen LogP contribution is -2.66. The van der Waals surface area contributed by atoms with Crippen molar-refractivity contribution in [1.82, 2.24) is 4.90 Å². The number of hydrogen-bond donors (Lipinski definition) is 1. The Morgan fingerprint density at radius 2 is 1.96 bits per heavy atom. The molecule has 6 atom stereocenters. The molecule has 1 N–H and O–H groups in total. The van der Waals surface area contributed by atoms with Crippen molar-refractivity contribution >= 4 is 0 Å². The van der Waals surface area contributed by atoms with Gasteiger partial charge in [0.25, 0.3) is 0 Å². The molecule has 0 aromatic rings. The second kappa shape index (κ2) is 5.57. The molecule has 1 saturated carbocycles. The van der Waals surface area contributed by atoms with E-state index < -0.39 is 5.60 Å². The minimum atomic E-state index is -0.839. The Kier molecular flexibility index (Phi) is 4.23. The topological polar surface area (TPSA) is 32.7 Å². The van der Waals surface area contributed by atoms with Gasteiger partial charge in [0.05, 0.1) is 6.10 Å². The van der Waals surface area contributed by atoms with E-state index in [-0.39, 0.29) is 29.7 Å². The lowest BCUT2D eigenvalue weighted by atomic mass is 9.69. The van der Waals surface area contributed by atoms with Gasteiger partial charge >= 0.3 is 0 Å². The summed E-state index contributed by atoms with van der Waals surface area (Å²) in [6.07, 6.45) is 3.74. The molecule has 0 spiro atoms. The molecule has 3 fully saturated rings. The molecule has 0 unspecified atom stereocenters. The zero-order valence-corrected chi connectivity index (χ0v) is 15.8. The van der Waals surface area contributed by atoms with E-state index in [9.17, 15) is 5.11 Å². The molecule has 3 rings (SSSR count). The Hall–Kier alpha value is -0.380. The second-order valence-electron chi connectivity index (χ2n) is 9.30. The highest BCUT2D eigenvalue weighted by Gasteiger charge is 2.64. The van der Waals surface area contributed by atoms with Crippen LogP contribution in [0.1, 0.15) is 60.8 Å². The number of rotatable bonds is 2. The first kappa shape index (κ1) is 17.4. The molecule has 0 amide bonds. The SMILES string of the molecule is C=C(C)[C@H]1CN2[C@@H](O[C@@H]3C[C@H](C)CC[C@H]3C2(C)C)[C@]1(O)C(C)C. The molecule has 2 aliphatic heterocycles. The predicted octanol–water partition coefficient (Wildman–Crippen LogP) is 3.82. The van der Waals surface area contributed by atoms with Crippen LogP contribution in [0.25, 0.3) is 0 Å². The van der Waals surface area contributed by atoms with E-state index in [0.717, 1.165) is 24.5 Å². The summed E-state index contributed by atoms with van der Waals surface area (Å²) < 4.78 is 6.61. The molecule has 0 aromatic heterocycles. The summed E-state index contributed by atoms with van der Waals surface area (Å²) in [4.78, 5) is 2.45. The van der Waals surface area contributed by atoms with Gasteiger partial charge in [-0.2, -0.15) is 0 Å². The van der Waals surface area contributed by atoms with Crippen molar-refractivity contribution in [3.05, 3.63) is 12.2 Å². The monoisotopic (exact) mass is 321 g/mol. The van der Waals surface area contributed by atoms with Crippen molar-refractivity contribution in [1.29, 1.82) is 0 Å². The highest BCUT2D eigenvalue weighted by Crippen LogP contribution is 2.53. The summed E-state index contributed by atoms with van der Waals surface area (Å²) >= 11 is 0. The van der Waals surface area contributed by atoms with Crippen molar-refractivity contribution in [3.8, 4) is 0 Å². The molecule has 2 saturated heterocycles. The fourth-order valence-electron chi connectivity index (χ4n) is 5.48. The summed E-state index contributed by atoms with van der Waals surface area (Å²) in [7, 11) is 0. The molecule has 0 aromatic carbocycles. The largest absolute Gasteiger partial charge is 0.385 e. The van der Waals surface area contributed by atoms with Crippen LogP contribution >= 0.6 is 0 Å². The maximum Gasteiger partial charge on any atom is 0.141 e. The van der Waals surface area contributed by atoms with Gasteiger partial charge in [0.1, 0.15) is 11.8 Å². The van der Waals surface area contributed by atoms with Crippen LogP contribution < -0.4 is 0 Å². The summed E-state index contributed by atoms with van der Waals surface area (Å²) in [5, 5.41) is 11.7. The normalized spacial score (nSPS) is 46.5. The predicted molar refractivity (Wildman–Crippen MR) is 94.0 cm³/mol. The number of aliphatic hydroxyl groups is 1. The maximum atomic E-state index is 11.7. The molecule has 0 radical (unpaired) electrons. The Bertz CT molecular complexity index is 486. The molecule has 23 heavy (non-hydrogen) atoms. The summed E-state index contributed by atoms with van der Waals surface area (Å²) in [6.45, 7) is 18.4. The number of hydrogen-bond acceptors (Lipinski definition) is 3. The highest BCUT2D eigenvalue weighted by molar-refractivity contribution is 5.19. The van der Waals surface area contributed by atoms with Gasteiger partial charge in [0, 0.05) is 23.9 Å². The first-order chi connectivity index (χ1) is 10.6. The number of ether oxygens (including phenoxy) is 1. The van der Waals surface area contributed by atoms with Gasteiger partial charge < -0.3 is 9.84 Å². The standard InChI is InChI=1S/C20H35NO2/c1-12(2)16-11-21-18(20(16,22)13(3)4)23-17-10-14(5)8-9-15(17)19(21,6)7/h13-18,22H,1,8-11H2,2-7H3/t14-,15-,16-,17-,18+,20+/m1/s1. The molecular weight excluding hydrogens is 286 g/mol. The third kappa shape index (κ3) is 2.42. The maximum absolute atomic E-state index is 11.7. The molecule has 3 heteroatoms. The molecule has 0 bridgehead atoms. The van der Waals surface area contributed by atoms with Gasteiger partial charge in [0.2, 0.25) is 0 Å². The van der Waals surface area contributed by atoms with E-state index in [0.29, 0.717) is 5.92 Å². The molecular formula is C20H35NO2. The lowest BCUT2D eigenvalue weighted by Gasteiger charge is -2.57. The Balaban J connectivity index is 2.00. The third-order valence-electron chi connectivity index (χ3n) is 7.14. The smallest absolute Gasteiger partial charge is 0.141 e. The van der Waals surface area contributed by atoms with Crippen LogP contribution in [0, 0.1) is 23.7 Å². The van der Waals surface area contributed by atoms with Gasteiger partial charge in [-0.15, -0.1) is 0 Å². The van der Waals surface area contributed by atoms with Crippen molar-refractivity contribution in [2.75, 3.05) is 6.54 Å². The molecule has 132 valence electrons. The summed E-state index contributed by atoms with van der Waals surface area (Å²) in [5.41, 5.74) is 0.307. The summed E-state index contributed by atoms with van der Waals surface area (Å²) in [6, 6.07) is 0. The zero-order chi connectivity index (χ0) is 17.2. The quantitative estimate of drug-likeness (QED) is 0.785. The Labute approximate surface area is 142 Å². The van der Waals surface area contributed by atoms with E-state index in [4.69, 9.17) is 4.74 Å². The van der Waals surface area contributed by atoms with Crippen LogP contribution in [0.5, 0.6) is 0 Å². The van der Waals surface area contributed by atoms with Crippen LogP contribution in [0.4, 0.5) is 0 Å². The third-order valence-corrected chi connectivity index (χ3v) is 7.14. The minimum Gasteiger partial charge on any atom is -0.385 e. The molecule has 1 aliphatic carbocycles. The van der Waals surface area contributed by atoms with Gasteiger partial charge in [-0.25, -0.2) is 0 Å². The lowest BCUT2D eigenvalue weighted by molar-refractivity contribution is -0.268. The van der Waals surface area contributed by atoms with Gasteiger partial charge in [-0.05, 0) is 45.4 Å². The van der Waals surface area contributed by atoms with Crippen molar-refractivity contribution < 1.29 is 9.84 Å². The average molecular weight is 322 g/mol. The van der Waals surface area contributed by atoms with Gasteiger partial charge in [0.15, 0.2) is 0 Å². The fraction of sp³-hybridized carbons (Fsp3) is 0.900. The highest BCUT2D eigenvalue weighted by atomic mass is 16.5.